The van der Waals surface area contributed by atoms with Crippen LogP contribution in [-0.2, 0) is 9.59 Å². The first-order chi connectivity index (χ1) is 7.70. The molecule has 1 aliphatic rings. The Morgan fingerprint density at radius 3 is 3.00 bits per heavy atom. The Balaban J connectivity index is 2.15. The summed E-state index contributed by atoms with van der Waals surface area (Å²) in [5.74, 6) is -0.223. The Morgan fingerprint density at radius 1 is 1.50 bits per heavy atom. The van der Waals surface area contributed by atoms with Crippen LogP contribution in [0.15, 0.2) is 29.2 Å². The van der Waals surface area contributed by atoms with Crippen LogP contribution < -0.4 is 10.6 Å². The van der Waals surface area contributed by atoms with E-state index in [1.807, 2.05) is 24.3 Å². The van der Waals surface area contributed by atoms with Gasteiger partial charge in [-0.25, -0.2) is 0 Å². The summed E-state index contributed by atoms with van der Waals surface area (Å²) in [4.78, 5) is 23.9. The molecule has 2 amide bonds. The summed E-state index contributed by atoms with van der Waals surface area (Å²) in [7, 11) is 1.57. The minimum absolute atomic E-state index is 0.104. The van der Waals surface area contributed by atoms with Gasteiger partial charge < -0.3 is 10.6 Å². The Labute approximate surface area is 97.8 Å². The van der Waals surface area contributed by atoms with Crippen LogP contribution in [0.1, 0.15) is 6.42 Å². The predicted molar refractivity (Wildman–Crippen MR) is 63.4 cm³/mol. The van der Waals surface area contributed by atoms with Crippen molar-refractivity contribution in [3.63, 3.8) is 0 Å². The predicted octanol–water partition coefficient (Wildman–Crippen LogP) is 1.24. The second-order valence-corrected chi connectivity index (χ2v) is 4.71. The van der Waals surface area contributed by atoms with E-state index in [-0.39, 0.29) is 23.5 Å². The van der Waals surface area contributed by atoms with Crippen LogP contribution in [0.4, 0.5) is 5.69 Å². The van der Waals surface area contributed by atoms with Crippen molar-refractivity contribution in [3.8, 4) is 0 Å². The Hall–Kier alpha value is -1.49. The number of fused-ring (bicyclic) bond motifs is 1. The molecule has 5 heteroatoms. The fourth-order valence-electron chi connectivity index (χ4n) is 1.50. The normalized spacial score (nSPS) is 18.6. The van der Waals surface area contributed by atoms with Crippen molar-refractivity contribution in [3.05, 3.63) is 24.3 Å². The zero-order valence-corrected chi connectivity index (χ0v) is 9.64. The summed E-state index contributed by atoms with van der Waals surface area (Å²) in [6.45, 7) is 0. The van der Waals surface area contributed by atoms with E-state index in [1.165, 1.54) is 11.8 Å². The van der Waals surface area contributed by atoms with Crippen LogP contribution in [0.3, 0.4) is 0 Å². The molecule has 0 saturated carbocycles. The molecule has 1 aliphatic heterocycles. The second-order valence-electron chi connectivity index (χ2n) is 3.47. The molecule has 1 aromatic carbocycles. The van der Waals surface area contributed by atoms with Crippen molar-refractivity contribution < 1.29 is 9.59 Å². The van der Waals surface area contributed by atoms with Crippen LogP contribution in [0.25, 0.3) is 0 Å². The molecule has 0 fully saturated rings. The summed E-state index contributed by atoms with van der Waals surface area (Å²) >= 11 is 1.44. The van der Waals surface area contributed by atoms with Crippen LogP contribution >= 0.6 is 11.8 Å². The fraction of sp³-hybridized carbons (Fsp3) is 0.273. The maximum atomic E-state index is 11.7. The lowest BCUT2D eigenvalue weighted by Gasteiger charge is -2.23. The SMILES string of the molecule is CNC(=O)CC1Sc2ccccc2NC1=O. The third-order valence-electron chi connectivity index (χ3n) is 2.36. The van der Waals surface area contributed by atoms with Gasteiger partial charge >= 0.3 is 0 Å². The standard InChI is InChI=1S/C11H12N2O2S/c1-12-10(14)6-9-11(15)13-7-4-2-3-5-8(7)16-9/h2-5,9H,6H2,1H3,(H,12,14)(H,13,15). The van der Waals surface area contributed by atoms with Crippen molar-refractivity contribution in [2.24, 2.45) is 0 Å². The first-order valence-electron chi connectivity index (χ1n) is 4.98. The molecule has 0 spiro atoms. The largest absolute Gasteiger partial charge is 0.359 e. The lowest BCUT2D eigenvalue weighted by atomic mass is 10.2. The lowest BCUT2D eigenvalue weighted by molar-refractivity contribution is -0.123. The van der Waals surface area contributed by atoms with E-state index in [0.717, 1.165) is 10.6 Å². The molecule has 0 bridgehead atoms. The minimum Gasteiger partial charge on any atom is -0.359 e. The second kappa shape index (κ2) is 4.57. The van der Waals surface area contributed by atoms with Gasteiger partial charge in [-0.05, 0) is 12.1 Å². The van der Waals surface area contributed by atoms with E-state index < -0.39 is 0 Å². The van der Waals surface area contributed by atoms with Crippen LogP contribution in [0, 0.1) is 0 Å². The van der Waals surface area contributed by atoms with Gasteiger partial charge in [0.15, 0.2) is 0 Å². The molecule has 4 nitrogen and oxygen atoms in total. The zero-order valence-electron chi connectivity index (χ0n) is 8.82. The van der Waals surface area contributed by atoms with Gasteiger partial charge in [0.1, 0.15) is 0 Å². The highest BCUT2D eigenvalue weighted by Gasteiger charge is 2.28. The molecule has 0 aromatic heterocycles. The molecule has 1 heterocycles. The lowest BCUT2D eigenvalue weighted by Crippen LogP contribution is -2.33. The van der Waals surface area contributed by atoms with Crippen LogP contribution in [0.5, 0.6) is 0 Å². The first-order valence-corrected chi connectivity index (χ1v) is 5.86. The summed E-state index contributed by atoms with van der Waals surface area (Å²) in [6.07, 6.45) is 0.210. The van der Waals surface area contributed by atoms with E-state index in [1.54, 1.807) is 7.05 Å². The molecule has 1 atom stereocenters. The molecule has 1 unspecified atom stereocenters. The number of amides is 2. The summed E-state index contributed by atoms with van der Waals surface area (Å²) in [5, 5.41) is 4.99. The molecular weight excluding hydrogens is 224 g/mol. The van der Waals surface area contributed by atoms with Gasteiger partial charge in [-0.2, -0.15) is 0 Å². The average Bonchev–Trinajstić information content (AvgIpc) is 2.30. The molecular formula is C11H12N2O2S. The summed E-state index contributed by atoms with van der Waals surface area (Å²) < 4.78 is 0. The highest BCUT2D eigenvalue weighted by molar-refractivity contribution is 8.01. The van der Waals surface area contributed by atoms with Crippen molar-refractivity contribution in [1.29, 1.82) is 0 Å². The number of thioether (sulfide) groups is 1. The number of rotatable bonds is 2. The number of para-hydroxylation sites is 1. The number of carbonyl (C=O) groups is 2. The molecule has 1 aromatic rings. The number of hydrogen-bond acceptors (Lipinski definition) is 3. The third-order valence-corrected chi connectivity index (χ3v) is 3.63. The molecule has 16 heavy (non-hydrogen) atoms. The molecule has 0 aliphatic carbocycles. The molecule has 84 valence electrons. The third kappa shape index (κ3) is 2.19. The van der Waals surface area contributed by atoms with Crippen molar-refractivity contribution in [1.82, 2.24) is 5.32 Å². The number of carbonyl (C=O) groups excluding carboxylic acids is 2. The van der Waals surface area contributed by atoms with E-state index in [9.17, 15) is 9.59 Å². The van der Waals surface area contributed by atoms with Gasteiger partial charge in [0, 0.05) is 18.4 Å². The van der Waals surface area contributed by atoms with Crippen LogP contribution in [-0.4, -0.2) is 24.1 Å². The van der Waals surface area contributed by atoms with Crippen molar-refractivity contribution in [2.75, 3.05) is 12.4 Å². The van der Waals surface area contributed by atoms with Gasteiger partial charge in [0.05, 0.1) is 10.9 Å². The maximum absolute atomic E-state index is 11.7. The Bertz CT molecular complexity index is 434. The number of anilines is 1. The fourth-order valence-corrected chi connectivity index (χ4v) is 2.61. The number of hydrogen-bond donors (Lipinski definition) is 2. The minimum atomic E-state index is -0.338. The molecule has 2 N–H and O–H groups in total. The van der Waals surface area contributed by atoms with Gasteiger partial charge in [-0.3, -0.25) is 9.59 Å². The zero-order chi connectivity index (χ0) is 11.5. The smallest absolute Gasteiger partial charge is 0.238 e. The van der Waals surface area contributed by atoms with Gasteiger partial charge in [0.25, 0.3) is 0 Å². The monoisotopic (exact) mass is 236 g/mol. The van der Waals surface area contributed by atoms with Gasteiger partial charge in [0.2, 0.25) is 11.8 Å². The van der Waals surface area contributed by atoms with E-state index in [0.29, 0.717) is 0 Å². The number of benzene rings is 1. The van der Waals surface area contributed by atoms with E-state index in [4.69, 9.17) is 0 Å². The molecule has 2 rings (SSSR count). The Kier molecular flexibility index (Phi) is 3.14. The number of nitrogens with one attached hydrogen (secondary N) is 2. The van der Waals surface area contributed by atoms with E-state index >= 15 is 0 Å². The average molecular weight is 236 g/mol. The molecule has 0 radical (unpaired) electrons. The highest BCUT2D eigenvalue weighted by atomic mass is 32.2. The quantitative estimate of drug-likeness (QED) is 0.812. The Morgan fingerprint density at radius 2 is 2.25 bits per heavy atom. The van der Waals surface area contributed by atoms with Crippen molar-refractivity contribution in [2.45, 2.75) is 16.6 Å². The van der Waals surface area contributed by atoms with Crippen molar-refractivity contribution >= 4 is 29.3 Å². The summed E-state index contributed by atoms with van der Waals surface area (Å²) in [6, 6.07) is 7.59. The maximum Gasteiger partial charge on any atom is 0.238 e. The molecule has 0 saturated heterocycles. The van der Waals surface area contributed by atoms with Crippen LogP contribution in [0.2, 0.25) is 0 Å². The highest BCUT2D eigenvalue weighted by Crippen LogP contribution is 2.36. The van der Waals surface area contributed by atoms with Gasteiger partial charge in [-0.1, -0.05) is 12.1 Å². The first kappa shape index (κ1) is 11.0. The topological polar surface area (TPSA) is 58.2 Å². The van der Waals surface area contributed by atoms with Gasteiger partial charge in [-0.15, -0.1) is 11.8 Å². The summed E-state index contributed by atoms with van der Waals surface area (Å²) in [5.41, 5.74) is 0.825. The van der Waals surface area contributed by atoms with E-state index in [2.05, 4.69) is 10.6 Å².